The van der Waals surface area contributed by atoms with E-state index in [9.17, 15) is 5.11 Å². The fourth-order valence-electron chi connectivity index (χ4n) is 0.839. The molecule has 13 heavy (non-hydrogen) atoms. The maximum Gasteiger partial charge on any atom is 0.163 e. The van der Waals surface area contributed by atoms with Crippen LogP contribution in [0.2, 0.25) is 0 Å². The Morgan fingerprint density at radius 1 is 1.69 bits per heavy atom. The molecule has 3 N–H and O–H groups in total. The molecule has 1 unspecified atom stereocenters. The van der Waals surface area contributed by atoms with E-state index in [1.807, 2.05) is 6.07 Å². The fraction of sp³-hybridized carbons (Fsp3) is 0.250. The van der Waals surface area contributed by atoms with Crippen molar-refractivity contribution in [2.75, 3.05) is 11.6 Å². The summed E-state index contributed by atoms with van der Waals surface area (Å²) in [6, 6.07) is 4.89. The number of hydrogen-bond donors (Lipinski definition) is 2. The van der Waals surface area contributed by atoms with Crippen LogP contribution in [0.1, 0.15) is 17.5 Å². The third kappa shape index (κ3) is 2.08. The molecular weight excluding hydrogens is 190 g/mol. The Hall–Kier alpha value is -1.31. The molecule has 1 atom stereocenters. The summed E-state index contributed by atoms with van der Waals surface area (Å²) in [7, 11) is 0. The zero-order chi connectivity index (χ0) is 9.84. The molecular formula is C8H8ClN3O. The number of nitriles is 1. The molecule has 1 rings (SSSR count). The molecule has 0 saturated heterocycles. The van der Waals surface area contributed by atoms with Gasteiger partial charge in [-0.25, -0.2) is 4.98 Å². The van der Waals surface area contributed by atoms with Crippen molar-refractivity contribution in [3.05, 3.63) is 23.5 Å². The highest BCUT2D eigenvalue weighted by molar-refractivity contribution is 6.18. The predicted molar refractivity (Wildman–Crippen MR) is 49.0 cm³/mol. The number of aromatic nitrogens is 1. The second-order valence-electron chi connectivity index (χ2n) is 2.46. The number of pyridine rings is 1. The number of nitrogens with two attached hydrogens (primary N) is 1. The minimum absolute atomic E-state index is 0.0434. The van der Waals surface area contributed by atoms with E-state index in [-0.39, 0.29) is 11.6 Å². The maximum atomic E-state index is 9.30. The van der Waals surface area contributed by atoms with Crippen molar-refractivity contribution in [1.82, 2.24) is 4.98 Å². The van der Waals surface area contributed by atoms with E-state index in [1.165, 1.54) is 6.07 Å². The Morgan fingerprint density at radius 3 is 2.92 bits per heavy atom. The number of hydrogen-bond acceptors (Lipinski definition) is 4. The number of aliphatic hydroxyl groups excluding tert-OH is 1. The van der Waals surface area contributed by atoms with Gasteiger partial charge in [0.2, 0.25) is 0 Å². The average Bonchev–Trinajstić information content (AvgIpc) is 2.17. The smallest absolute Gasteiger partial charge is 0.163 e. The van der Waals surface area contributed by atoms with Crippen molar-refractivity contribution in [3.8, 4) is 6.07 Å². The van der Waals surface area contributed by atoms with Gasteiger partial charge in [0.1, 0.15) is 12.2 Å². The standard InChI is InChI=1S/C8H8ClN3O/c9-3-8(13)6-2-1-5(11)7(4-10)12-6/h1-2,8,13H,3,11H2. The lowest BCUT2D eigenvalue weighted by Gasteiger charge is -2.06. The van der Waals surface area contributed by atoms with Crippen molar-refractivity contribution in [2.45, 2.75) is 6.10 Å². The third-order valence-corrected chi connectivity index (χ3v) is 1.83. The molecule has 0 bridgehead atoms. The van der Waals surface area contributed by atoms with Crippen molar-refractivity contribution >= 4 is 17.3 Å². The summed E-state index contributed by atoms with van der Waals surface area (Å²) in [4.78, 5) is 3.84. The molecule has 1 aromatic heterocycles. The van der Waals surface area contributed by atoms with Gasteiger partial charge in [-0.3, -0.25) is 0 Å². The number of aliphatic hydroxyl groups is 1. The van der Waals surface area contributed by atoms with Crippen LogP contribution < -0.4 is 5.73 Å². The largest absolute Gasteiger partial charge is 0.396 e. The lowest BCUT2D eigenvalue weighted by atomic mass is 10.2. The normalized spacial score (nSPS) is 12.1. The molecule has 0 fully saturated rings. The highest BCUT2D eigenvalue weighted by Crippen LogP contribution is 2.15. The summed E-state index contributed by atoms with van der Waals surface area (Å²) in [5.74, 6) is 0.0434. The number of nitrogens with zero attached hydrogens (tertiary/aromatic N) is 2. The summed E-state index contributed by atoms with van der Waals surface area (Å²) in [5.41, 5.74) is 6.22. The Kier molecular flexibility index (Phi) is 3.07. The molecule has 68 valence electrons. The SMILES string of the molecule is N#Cc1nc(C(O)CCl)ccc1N. The van der Waals surface area contributed by atoms with Gasteiger partial charge in [0.25, 0.3) is 0 Å². The molecule has 1 heterocycles. The van der Waals surface area contributed by atoms with Gasteiger partial charge in [-0.2, -0.15) is 5.26 Å². The van der Waals surface area contributed by atoms with E-state index in [0.29, 0.717) is 11.4 Å². The van der Waals surface area contributed by atoms with E-state index in [4.69, 9.17) is 22.6 Å². The highest BCUT2D eigenvalue weighted by atomic mass is 35.5. The fourth-order valence-corrected chi connectivity index (χ4v) is 0.997. The van der Waals surface area contributed by atoms with Gasteiger partial charge in [0.15, 0.2) is 5.69 Å². The van der Waals surface area contributed by atoms with Crippen LogP contribution in [0.5, 0.6) is 0 Å². The Morgan fingerprint density at radius 2 is 2.38 bits per heavy atom. The summed E-state index contributed by atoms with van der Waals surface area (Å²) in [6.07, 6.45) is -0.852. The molecule has 0 radical (unpaired) electrons. The Labute approximate surface area is 80.6 Å². The Bertz CT molecular complexity index is 348. The van der Waals surface area contributed by atoms with Crippen molar-refractivity contribution in [2.24, 2.45) is 0 Å². The first-order valence-corrected chi connectivity index (χ1v) is 4.13. The van der Waals surface area contributed by atoms with Gasteiger partial charge >= 0.3 is 0 Å². The van der Waals surface area contributed by atoms with Crippen molar-refractivity contribution in [3.63, 3.8) is 0 Å². The lowest BCUT2D eigenvalue weighted by molar-refractivity contribution is 0.197. The van der Waals surface area contributed by atoms with E-state index in [1.54, 1.807) is 6.07 Å². The van der Waals surface area contributed by atoms with Gasteiger partial charge < -0.3 is 10.8 Å². The van der Waals surface area contributed by atoms with Gasteiger partial charge in [-0.15, -0.1) is 11.6 Å². The molecule has 1 aromatic rings. The molecule has 0 amide bonds. The maximum absolute atomic E-state index is 9.30. The van der Waals surface area contributed by atoms with Crippen molar-refractivity contribution in [1.29, 1.82) is 5.26 Å². The number of rotatable bonds is 2. The molecule has 0 saturated carbocycles. The van der Waals surface area contributed by atoms with Crippen LogP contribution in [0.3, 0.4) is 0 Å². The predicted octanol–water partition coefficient (Wildman–Crippen LogP) is 0.808. The number of anilines is 1. The summed E-state index contributed by atoms with van der Waals surface area (Å²) < 4.78 is 0. The van der Waals surface area contributed by atoms with Crippen molar-refractivity contribution < 1.29 is 5.11 Å². The zero-order valence-electron chi connectivity index (χ0n) is 6.74. The first-order valence-electron chi connectivity index (χ1n) is 3.59. The molecule has 5 heteroatoms. The first kappa shape index (κ1) is 9.78. The summed E-state index contributed by atoms with van der Waals surface area (Å²) in [5, 5.41) is 17.9. The van der Waals surface area contributed by atoms with E-state index >= 15 is 0 Å². The van der Waals surface area contributed by atoms with Crippen LogP contribution in [0.25, 0.3) is 0 Å². The number of alkyl halides is 1. The van der Waals surface area contributed by atoms with Gasteiger partial charge in [-0.1, -0.05) is 0 Å². The number of halogens is 1. The van der Waals surface area contributed by atoms with Crippen LogP contribution in [-0.2, 0) is 0 Å². The number of nitrogen functional groups attached to an aromatic ring is 1. The third-order valence-electron chi connectivity index (χ3n) is 1.54. The average molecular weight is 198 g/mol. The van der Waals surface area contributed by atoms with Crippen LogP contribution in [-0.4, -0.2) is 16.0 Å². The summed E-state index contributed by atoms with van der Waals surface area (Å²) >= 11 is 5.42. The van der Waals surface area contributed by atoms with Gasteiger partial charge in [0, 0.05) is 0 Å². The zero-order valence-corrected chi connectivity index (χ0v) is 7.49. The molecule has 0 aliphatic rings. The molecule has 4 nitrogen and oxygen atoms in total. The topological polar surface area (TPSA) is 82.9 Å². The van der Waals surface area contributed by atoms with Gasteiger partial charge in [-0.05, 0) is 12.1 Å². The molecule has 0 aliphatic carbocycles. The van der Waals surface area contributed by atoms with Crippen LogP contribution >= 0.6 is 11.6 Å². The minimum atomic E-state index is -0.852. The summed E-state index contributed by atoms with van der Waals surface area (Å²) in [6.45, 7) is 0. The lowest BCUT2D eigenvalue weighted by Crippen LogP contribution is -2.04. The van der Waals surface area contributed by atoms with Crippen LogP contribution in [0.4, 0.5) is 5.69 Å². The van der Waals surface area contributed by atoms with E-state index < -0.39 is 6.10 Å². The second kappa shape index (κ2) is 4.08. The Balaban J connectivity index is 3.08. The van der Waals surface area contributed by atoms with Gasteiger partial charge in [0.05, 0.1) is 17.3 Å². The highest BCUT2D eigenvalue weighted by Gasteiger charge is 2.09. The quantitative estimate of drug-likeness (QED) is 0.688. The molecule has 0 aliphatic heterocycles. The minimum Gasteiger partial charge on any atom is -0.396 e. The monoisotopic (exact) mass is 197 g/mol. The van der Waals surface area contributed by atoms with E-state index in [2.05, 4.69) is 4.98 Å². The molecule has 0 aromatic carbocycles. The van der Waals surface area contributed by atoms with Crippen LogP contribution in [0.15, 0.2) is 12.1 Å². The first-order chi connectivity index (χ1) is 6.19. The second-order valence-corrected chi connectivity index (χ2v) is 2.76. The van der Waals surface area contributed by atoms with E-state index in [0.717, 1.165) is 0 Å². The molecule has 0 spiro atoms. The van der Waals surface area contributed by atoms with Crippen LogP contribution in [0, 0.1) is 11.3 Å².